The van der Waals surface area contributed by atoms with Crippen LogP contribution in [0, 0.1) is 11.6 Å². The number of aromatic nitrogens is 6. The van der Waals surface area contributed by atoms with Crippen molar-refractivity contribution in [1.82, 2.24) is 28.3 Å². The van der Waals surface area contributed by atoms with Gasteiger partial charge in [-0.15, -0.1) is 0 Å². The Morgan fingerprint density at radius 1 is 0.929 bits per heavy atom. The summed E-state index contributed by atoms with van der Waals surface area (Å²) in [6, 6.07) is 11.9. The molecule has 6 aromatic rings. The number of nitrogens with zero attached hydrogens (tertiary/aromatic N) is 6. The number of hydrogen-bond donors (Lipinski definition) is 1. The maximum atomic E-state index is 15.2. The van der Waals surface area contributed by atoms with Crippen LogP contribution in [0.5, 0.6) is 11.5 Å². The van der Waals surface area contributed by atoms with Gasteiger partial charge in [0, 0.05) is 50.0 Å². The Morgan fingerprint density at radius 2 is 1.71 bits per heavy atom. The van der Waals surface area contributed by atoms with Crippen LogP contribution in [0.15, 0.2) is 95.3 Å². The van der Waals surface area contributed by atoms with Gasteiger partial charge < -0.3 is 19.2 Å². The predicted octanol–water partition coefficient (Wildman–Crippen LogP) is 3.91. The van der Waals surface area contributed by atoms with Crippen LogP contribution in [0.3, 0.4) is 0 Å². The van der Waals surface area contributed by atoms with Crippen molar-refractivity contribution in [2.45, 2.75) is 0 Å². The van der Waals surface area contributed by atoms with Crippen molar-refractivity contribution in [2.24, 2.45) is 14.1 Å². The maximum Gasteiger partial charge on any atom is 0.335 e. The van der Waals surface area contributed by atoms with E-state index >= 15 is 4.39 Å². The number of rotatable bonds is 6. The molecule has 0 saturated heterocycles. The second-order valence-corrected chi connectivity index (χ2v) is 9.43. The summed E-state index contributed by atoms with van der Waals surface area (Å²) in [5.41, 5.74) is 0.0853. The third-order valence-electron chi connectivity index (χ3n) is 6.46. The summed E-state index contributed by atoms with van der Waals surface area (Å²) < 4.78 is 39.7. The van der Waals surface area contributed by atoms with Crippen LogP contribution >= 0.6 is 0 Å². The summed E-state index contributed by atoms with van der Waals surface area (Å²) in [4.78, 5) is 43.1. The summed E-state index contributed by atoms with van der Waals surface area (Å²) in [6.07, 6.45) is 7.93. The first-order valence-corrected chi connectivity index (χ1v) is 12.5. The molecular formula is C29H21F2N7O4. The van der Waals surface area contributed by atoms with Crippen molar-refractivity contribution in [2.75, 3.05) is 5.32 Å². The van der Waals surface area contributed by atoms with Crippen molar-refractivity contribution < 1.29 is 18.3 Å². The smallest absolute Gasteiger partial charge is 0.335 e. The molecule has 0 fully saturated rings. The van der Waals surface area contributed by atoms with Crippen molar-refractivity contribution in [1.29, 1.82) is 0 Å². The Kier molecular flexibility index (Phi) is 6.46. The highest BCUT2D eigenvalue weighted by molar-refractivity contribution is 6.03. The van der Waals surface area contributed by atoms with Crippen molar-refractivity contribution in [3.05, 3.63) is 124 Å². The number of amides is 1. The van der Waals surface area contributed by atoms with E-state index in [2.05, 4.69) is 15.4 Å². The molecular weight excluding hydrogens is 548 g/mol. The number of halogens is 2. The van der Waals surface area contributed by atoms with Gasteiger partial charge in [0.05, 0.1) is 23.9 Å². The number of ether oxygens (including phenoxy) is 1. The van der Waals surface area contributed by atoms with Gasteiger partial charge in [0.15, 0.2) is 17.3 Å². The first kappa shape index (κ1) is 26.4. The number of aryl methyl sites for hydroxylation is 2. The van der Waals surface area contributed by atoms with Crippen molar-refractivity contribution in [3.8, 4) is 28.4 Å². The second-order valence-electron chi connectivity index (χ2n) is 9.43. The van der Waals surface area contributed by atoms with Gasteiger partial charge in [-0.25, -0.2) is 27.6 Å². The highest BCUT2D eigenvalue weighted by Gasteiger charge is 2.19. The Hall–Kier alpha value is -5.85. The molecule has 0 saturated carbocycles. The van der Waals surface area contributed by atoms with Gasteiger partial charge in [0.2, 0.25) is 0 Å². The van der Waals surface area contributed by atoms with E-state index in [0.717, 1.165) is 33.5 Å². The van der Waals surface area contributed by atoms with Gasteiger partial charge in [0.25, 0.3) is 11.5 Å². The normalized spacial score (nSPS) is 11.1. The van der Waals surface area contributed by atoms with Gasteiger partial charge in [0.1, 0.15) is 16.9 Å². The van der Waals surface area contributed by atoms with Crippen LogP contribution in [0.1, 0.15) is 10.4 Å². The number of anilines is 1. The van der Waals surface area contributed by atoms with Gasteiger partial charge in [-0.1, -0.05) is 0 Å². The molecule has 42 heavy (non-hydrogen) atoms. The number of imidazole rings is 1. The average molecular weight is 570 g/mol. The van der Waals surface area contributed by atoms with E-state index in [1.54, 1.807) is 39.9 Å². The van der Waals surface area contributed by atoms with Crippen LogP contribution in [-0.4, -0.2) is 34.2 Å². The number of carbonyl (C=O) groups excluding carboxylic acids is 1. The molecule has 1 N–H and O–H groups in total. The molecule has 0 aliphatic rings. The molecule has 0 radical (unpaired) electrons. The topological polar surface area (TPSA) is 117 Å². The third kappa shape index (κ3) is 4.83. The van der Waals surface area contributed by atoms with E-state index in [-0.39, 0.29) is 22.7 Å². The largest absolute Gasteiger partial charge is 0.452 e. The zero-order valence-electron chi connectivity index (χ0n) is 22.2. The minimum absolute atomic E-state index is 0.0446. The lowest BCUT2D eigenvalue weighted by Crippen LogP contribution is -2.41. The fourth-order valence-electron chi connectivity index (χ4n) is 4.40. The van der Waals surface area contributed by atoms with E-state index in [1.165, 1.54) is 31.3 Å². The van der Waals surface area contributed by atoms with Crippen LogP contribution in [-0.2, 0) is 14.1 Å². The lowest BCUT2D eigenvalue weighted by molar-refractivity contribution is 0.102. The Bertz CT molecular complexity index is 2110. The summed E-state index contributed by atoms with van der Waals surface area (Å²) in [5.74, 6) is -1.99. The number of pyridine rings is 1. The van der Waals surface area contributed by atoms with E-state index in [0.29, 0.717) is 22.5 Å². The molecule has 13 heteroatoms. The molecule has 0 bridgehead atoms. The summed E-state index contributed by atoms with van der Waals surface area (Å²) in [5, 5.41) is 6.73. The molecule has 0 spiro atoms. The number of carbonyl (C=O) groups is 1. The Balaban J connectivity index is 1.28. The SMILES string of the molecule is Cn1cnc(-c2cc(Oc3ccc(NC(=O)c4cn(C)c(=O)n(-c5ccc(F)cc5)c4=O)cc3F)c3ccnn3c2)c1. The average Bonchev–Trinajstić information content (AvgIpc) is 3.62. The molecule has 0 aliphatic carbocycles. The Labute approximate surface area is 235 Å². The highest BCUT2D eigenvalue weighted by atomic mass is 19.1. The molecule has 6 rings (SSSR count). The standard InChI is InChI=1S/C29H21F2N7O4/c1-35-15-23(32-16-35)17-11-26(24-9-10-33-37(24)13-17)42-25-8-5-19(12-22(25)31)34-27(39)21-14-36(2)29(41)38(28(21)40)20-6-3-18(30)4-7-20/h3-16H,1-2H3,(H,34,39). The third-order valence-corrected chi connectivity index (χ3v) is 6.46. The van der Waals surface area contributed by atoms with Crippen LogP contribution < -0.4 is 21.3 Å². The Morgan fingerprint density at radius 3 is 2.43 bits per heavy atom. The maximum absolute atomic E-state index is 15.2. The first-order chi connectivity index (χ1) is 20.2. The molecule has 1 amide bonds. The molecule has 0 unspecified atom stereocenters. The molecule has 0 atom stereocenters. The highest BCUT2D eigenvalue weighted by Crippen LogP contribution is 2.33. The molecule has 4 heterocycles. The van der Waals surface area contributed by atoms with Crippen LogP contribution in [0.2, 0.25) is 0 Å². The lowest BCUT2D eigenvalue weighted by Gasteiger charge is -2.13. The van der Waals surface area contributed by atoms with Crippen molar-refractivity contribution in [3.63, 3.8) is 0 Å². The predicted molar refractivity (Wildman–Crippen MR) is 149 cm³/mol. The molecule has 210 valence electrons. The van der Waals surface area contributed by atoms with Gasteiger partial charge in [-0.3, -0.25) is 9.59 Å². The molecule has 2 aromatic carbocycles. The quantitative estimate of drug-likeness (QED) is 0.325. The molecule has 4 aromatic heterocycles. The van der Waals surface area contributed by atoms with E-state index in [1.807, 2.05) is 13.2 Å². The monoisotopic (exact) mass is 569 g/mol. The number of benzene rings is 2. The van der Waals surface area contributed by atoms with E-state index < -0.39 is 28.8 Å². The van der Waals surface area contributed by atoms with E-state index in [4.69, 9.17) is 4.74 Å². The van der Waals surface area contributed by atoms with Crippen molar-refractivity contribution >= 4 is 17.1 Å². The fourth-order valence-corrected chi connectivity index (χ4v) is 4.40. The lowest BCUT2D eigenvalue weighted by atomic mass is 10.2. The van der Waals surface area contributed by atoms with E-state index in [9.17, 15) is 18.8 Å². The summed E-state index contributed by atoms with van der Waals surface area (Å²) in [7, 11) is 3.21. The van der Waals surface area contributed by atoms with Gasteiger partial charge >= 0.3 is 5.69 Å². The molecule has 11 nitrogen and oxygen atoms in total. The number of fused-ring (bicyclic) bond motifs is 1. The zero-order valence-corrected chi connectivity index (χ0v) is 22.2. The van der Waals surface area contributed by atoms with Gasteiger partial charge in [-0.2, -0.15) is 5.10 Å². The second kappa shape index (κ2) is 10.3. The fraction of sp³-hybridized carbons (Fsp3) is 0.0690. The van der Waals surface area contributed by atoms with Crippen LogP contribution in [0.4, 0.5) is 14.5 Å². The first-order valence-electron chi connectivity index (χ1n) is 12.5. The summed E-state index contributed by atoms with van der Waals surface area (Å²) in [6.45, 7) is 0. The minimum atomic E-state index is -0.916. The molecule has 0 aliphatic heterocycles. The summed E-state index contributed by atoms with van der Waals surface area (Å²) >= 11 is 0. The zero-order chi connectivity index (χ0) is 29.5. The van der Waals surface area contributed by atoms with Crippen LogP contribution in [0.25, 0.3) is 22.5 Å². The number of hydrogen-bond acceptors (Lipinski definition) is 6. The van der Waals surface area contributed by atoms with Gasteiger partial charge in [-0.05, 0) is 48.5 Å². The number of nitrogens with one attached hydrogen (secondary N) is 1. The minimum Gasteiger partial charge on any atom is -0.452 e.